The molecule has 1 aromatic carbocycles. The van der Waals surface area contributed by atoms with E-state index in [-0.39, 0.29) is 25.8 Å². The molecule has 3 aliphatic heterocycles. The van der Waals surface area contributed by atoms with E-state index in [9.17, 15) is 36.4 Å². The lowest BCUT2D eigenvalue weighted by Gasteiger charge is -2.39. The van der Waals surface area contributed by atoms with Gasteiger partial charge in [0.05, 0.1) is 43.2 Å². The van der Waals surface area contributed by atoms with Crippen molar-refractivity contribution in [2.45, 2.75) is 118 Å². The molecule has 3 saturated carbocycles. The molecular formula is C42H49F2N7O8S2. The molecule has 0 spiro atoms. The van der Waals surface area contributed by atoms with Crippen LogP contribution in [0.25, 0.3) is 21.6 Å². The summed E-state index contributed by atoms with van der Waals surface area (Å²) in [5.74, 6) is -4.12. The first kappa shape index (κ1) is 41.4. The van der Waals surface area contributed by atoms with Crippen molar-refractivity contribution in [2.24, 2.45) is 5.92 Å². The van der Waals surface area contributed by atoms with Crippen molar-refractivity contribution >= 4 is 56.0 Å². The molecule has 5 heterocycles. The third-order valence-corrected chi connectivity index (χ3v) is 15.4. The molecule has 9 rings (SSSR count). The zero-order valence-corrected chi connectivity index (χ0v) is 35.6. The van der Waals surface area contributed by atoms with Crippen molar-refractivity contribution in [3.05, 3.63) is 47.0 Å². The van der Waals surface area contributed by atoms with E-state index in [1.807, 2.05) is 36.6 Å². The molecular weight excluding hydrogens is 833 g/mol. The van der Waals surface area contributed by atoms with Crippen LogP contribution in [0, 0.1) is 12.8 Å². The number of hydrogen-bond acceptors (Lipinski definition) is 11. The Hall–Kier alpha value is -4.91. The number of sulfonamides is 1. The highest BCUT2D eigenvalue weighted by molar-refractivity contribution is 7.91. The van der Waals surface area contributed by atoms with E-state index < -0.39 is 87.7 Å². The van der Waals surface area contributed by atoms with E-state index in [1.54, 1.807) is 13.2 Å². The number of alkyl halides is 2. The fraction of sp³-hybridized carbons (Fsp3) is 0.571. The molecule has 5 atom stereocenters. The number of benzene rings is 1. The number of aryl methyl sites for hydroxylation is 1. The van der Waals surface area contributed by atoms with Gasteiger partial charge in [0.1, 0.15) is 45.9 Å². The van der Waals surface area contributed by atoms with Gasteiger partial charge in [0, 0.05) is 40.7 Å². The zero-order valence-electron chi connectivity index (χ0n) is 34.0. The summed E-state index contributed by atoms with van der Waals surface area (Å²) < 4.78 is 68.0. The van der Waals surface area contributed by atoms with Crippen molar-refractivity contribution in [2.75, 3.05) is 26.7 Å². The number of nitrogens with one attached hydrogen (secondary N) is 3. The highest BCUT2D eigenvalue weighted by atomic mass is 32.2. The predicted octanol–water partition coefficient (Wildman–Crippen LogP) is 4.93. The van der Waals surface area contributed by atoms with Gasteiger partial charge < -0.3 is 29.9 Å². The second-order valence-corrected chi connectivity index (χ2v) is 20.2. The van der Waals surface area contributed by atoms with Crippen LogP contribution >= 0.6 is 11.3 Å². The second kappa shape index (κ2) is 15.8. The molecule has 15 nitrogen and oxygen atoms in total. The number of ether oxygens (including phenoxy) is 2. The normalized spacial score (nSPS) is 27.8. The van der Waals surface area contributed by atoms with Crippen LogP contribution < -0.4 is 24.8 Å². The molecule has 3 aliphatic carbocycles. The minimum atomic E-state index is -3.95. The fourth-order valence-corrected chi connectivity index (χ4v) is 10.9. The number of likely N-dealkylation sites (tertiary alicyclic amines) is 1. The number of amides is 5. The summed E-state index contributed by atoms with van der Waals surface area (Å²) >= 11 is 1.49. The van der Waals surface area contributed by atoms with E-state index in [4.69, 9.17) is 19.4 Å². The largest absolute Gasteiger partial charge is 0.496 e. The van der Waals surface area contributed by atoms with Gasteiger partial charge >= 0.3 is 6.03 Å². The lowest BCUT2D eigenvalue weighted by molar-refractivity contribution is -0.141. The first-order chi connectivity index (χ1) is 29.1. The minimum Gasteiger partial charge on any atom is -0.496 e. The topological polar surface area (TPSA) is 189 Å². The molecule has 2 aromatic heterocycles. The number of allylic oxidation sites excluding steroid dienone is 1. The number of urea groups is 1. The molecule has 3 aromatic rings. The molecule has 6 aliphatic rings. The van der Waals surface area contributed by atoms with Crippen molar-refractivity contribution in [1.29, 1.82) is 0 Å². The van der Waals surface area contributed by atoms with Crippen LogP contribution in [-0.4, -0.2) is 114 Å². The van der Waals surface area contributed by atoms with Crippen molar-refractivity contribution in [3.63, 3.8) is 0 Å². The molecule has 3 N–H and O–H groups in total. The Labute approximate surface area is 356 Å². The van der Waals surface area contributed by atoms with Crippen molar-refractivity contribution in [1.82, 2.24) is 35.1 Å². The quantitative estimate of drug-likeness (QED) is 0.249. The molecule has 61 heavy (non-hydrogen) atoms. The van der Waals surface area contributed by atoms with Crippen LogP contribution in [0.1, 0.15) is 87.8 Å². The number of aromatic nitrogens is 2. The summed E-state index contributed by atoms with van der Waals surface area (Å²) in [4.78, 5) is 68.5. The number of fused-ring (bicyclic) bond motifs is 3. The highest BCUT2D eigenvalue weighted by Crippen LogP contribution is 2.47. The molecule has 0 radical (unpaired) electrons. The van der Waals surface area contributed by atoms with E-state index in [0.29, 0.717) is 71.1 Å². The van der Waals surface area contributed by atoms with Crippen molar-refractivity contribution < 1.29 is 45.9 Å². The summed E-state index contributed by atoms with van der Waals surface area (Å²) in [6, 6.07) is 2.28. The van der Waals surface area contributed by atoms with Crippen LogP contribution in [0.2, 0.25) is 0 Å². The Balaban J connectivity index is 1.05. The smallest absolute Gasteiger partial charge is 0.318 e. The number of hydrogen-bond donors (Lipinski definition) is 3. The summed E-state index contributed by atoms with van der Waals surface area (Å²) in [7, 11) is -2.37. The molecule has 0 bridgehead atoms. The monoisotopic (exact) mass is 881 g/mol. The van der Waals surface area contributed by atoms with E-state index in [1.165, 1.54) is 16.2 Å². The van der Waals surface area contributed by atoms with Crippen LogP contribution in [0.3, 0.4) is 0 Å². The average molecular weight is 882 g/mol. The fourth-order valence-electron chi connectivity index (χ4n) is 8.70. The number of carbonyl (C=O) groups excluding carboxylic acids is 4. The van der Waals surface area contributed by atoms with Gasteiger partial charge in [0.2, 0.25) is 21.8 Å². The number of methoxy groups -OCH3 is 1. The Bertz CT molecular complexity index is 2410. The number of thiazole rings is 1. The SMILES string of the molecule is COc1ccc2c(OC3CC4C(=O)NC5(C(=O)NS(=O)(=O)C6CC6)CC5C=CCCCCCC(NC(=O)N5CC(F)(F)C5)C(=O)N4C3)cc(-c3nc(C4CC4)cs3)nc2c1C. The number of pyridine rings is 1. The minimum absolute atomic E-state index is 0.0213. The van der Waals surface area contributed by atoms with Gasteiger partial charge in [-0.1, -0.05) is 25.0 Å². The third kappa shape index (κ3) is 8.38. The van der Waals surface area contributed by atoms with Crippen LogP contribution in [0.15, 0.2) is 35.7 Å². The standard InChI is InChI=1S/C42H49F2N7O8S2/c1-23-33(58-2)15-14-28-34(17-30(45-35(23)28)37-46-31(20-60-37)24-10-11-24)59-26-16-32-36(52)48-42(39(54)49-61(56,57)27-12-13-27)18-25(42)8-6-4-3-5-7-9-29(38(53)51(32)19-26)47-40(55)50-21-41(43,44)22-50/h6,8,14-15,17,20,24-27,29,32H,3-5,7,9-13,16,18-19,21-22H2,1-2H3,(H,47,55)(H,48,52)(H,49,54). The van der Waals surface area contributed by atoms with E-state index >= 15 is 0 Å². The lowest BCUT2D eigenvalue weighted by Crippen LogP contribution is -2.63. The van der Waals surface area contributed by atoms with Gasteiger partial charge in [0.15, 0.2) is 0 Å². The van der Waals surface area contributed by atoms with E-state index in [2.05, 4.69) is 15.4 Å². The number of halogens is 2. The number of nitrogens with zero attached hydrogens (tertiary/aromatic N) is 4. The maximum absolute atomic E-state index is 14.7. The summed E-state index contributed by atoms with van der Waals surface area (Å²) in [6.45, 7) is 0.261. The predicted molar refractivity (Wildman–Crippen MR) is 221 cm³/mol. The zero-order chi connectivity index (χ0) is 42.8. The summed E-state index contributed by atoms with van der Waals surface area (Å²) in [5, 5.41) is 8.30. The Morgan fingerprint density at radius 2 is 1.82 bits per heavy atom. The van der Waals surface area contributed by atoms with Crippen molar-refractivity contribution in [3.8, 4) is 22.2 Å². The maximum Gasteiger partial charge on any atom is 0.318 e. The first-order valence-corrected chi connectivity index (χ1v) is 23.5. The van der Waals surface area contributed by atoms with Crippen LogP contribution in [0.5, 0.6) is 11.5 Å². The van der Waals surface area contributed by atoms with E-state index in [0.717, 1.165) is 35.4 Å². The third-order valence-electron chi connectivity index (χ3n) is 12.7. The molecule has 19 heteroatoms. The second-order valence-electron chi connectivity index (χ2n) is 17.4. The number of rotatable bonds is 9. The van der Waals surface area contributed by atoms with Crippen LogP contribution in [0.4, 0.5) is 13.6 Å². The van der Waals surface area contributed by atoms with Gasteiger partial charge in [-0.25, -0.2) is 32.0 Å². The van der Waals surface area contributed by atoms with Gasteiger partial charge in [-0.15, -0.1) is 11.3 Å². The van der Waals surface area contributed by atoms with Gasteiger partial charge in [-0.05, 0) is 70.4 Å². The molecule has 5 unspecified atom stereocenters. The van der Waals surface area contributed by atoms with Gasteiger partial charge in [-0.3, -0.25) is 19.1 Å². The van der Waals surface area contributed by atoms with Gasteiger partial charge in [0.25, 0.3) is 11.8 Å². The molecule has 5 fully saturated rings. The Morgan fingerprint density at radius 3 is 2.54 bits per heavy atom. The summed E-state index contributed by atoms with van der Waals surface area (Å²) in [5.41, 5.74) is 1.43. The average Bonchev–Trinajstić information content (AvgIpc) is 4.17. The molecule has 5 amide bonds. The Morgan fingerprint density at radius 1 is 1.03 bits per heavy atom. The molecule has 326 valence electrons. The lowest BCUT2D eigenvalue weighted by atomic mass is 10.0. The summed E-state index contributed by atoms with van der Waals surface area (Å²) in [6.07, 6.45) is 8.90. The number of carbonyl (C=O) groups is 4. The van der Waals surface area contributed by atoms with Gasteiger partial charge in [-0.2, -0.15) is 0 Å². The molecule has 2 saturated heterocycles. The van der Waals surface area contributed by atoms with Crippen LogP contribution in [-0.2, 0) is 24.4 Å². The first-order valence-electron chi connectivity index (χ1n) is 21.0. The Kier molecular flexibility index (Phi) is 10.7. The highest BCUT2D eigenvalue weighted by Gasteiger charge is 2.62. The maximum atomic E-state index is 14.7.